The van der Waals surface area contributed by atoms with Crippen LogP contribution in [0.15, 0.2) is 30.0 Å². The van der Waals surface area contributed by atoms with Crippen LogP contribution in [0.25, 0.3) is 22.2 Å². The van der Waals surface area contributed by atoms with Crippen molar-refractivity contribution in [3.8, 4) is 0 Å². The number of halogens is 1. The Labute approximate surface area is 314 Å². The molecule has 5 N–H and O–H groups in total. The summed E-state index contributed by atoms with van der Waals surface area (Å²) in [6.07, 6.45) is -2.77. The van der Waals surface area contributed by atoms with Crippen molar-refractivity contribution < 1.29 is 56.8 Å². The monoisotopic (exact) mass is 832 g/mol. The Morgan fingerprint density at radius 2 is 1.67 bits per heavy atom. The zero-order valence-corrected chi connectivity index (χ0v) is 31.5. The highest BCUT2D eigenvalue weighted by molar-refractivity contribution is 8.07. The van der Waals surface area contributed by atoms with E-state index in [1.54, 1.807) is 10.8 Å². The number of rotatable bonds is 6. The summed E-state index contributed by atoms with van der Waals surface area (Å²) in [5.41, 5.74) is 1.61. The lowest BCUT2D eigenvalue weighted by Crippen LogP contribution is -2.35. The maximum absolute atomic E-state index is 16.5. The van der Waals surface area contributed by atoms with Crippen LogP contribution < -0.4 is 10.9 Å². The molecule has 0 spiro atoms. The zero-order valence-electron chi connectivity index (χ0n) is 28.1. The van der Waals surface area contributed by atoms with Crippen molar-refractivity contribution >= 4 is 65.2 Å². The van der Waals surface area contributed by atoms with E-state index in [1.807, 2.05) is 0 Å². The topological polar surface area (TPSA) is 249 Å². The van der Waals surface area contributed by atoms with E-state index in [4.69, 9.17) is 56.3 Å². The number of aryl methyl sites for hydroxylation is 2. The maximum Gasteiger partial charge on any atom is 0.325 e. The smallest absolute Gasteiger partial charge is 0.325 e. The number of alkyl halides is 1. The molecule has 25 heteroatoms. The minimum Gasteiger partial charge on any atom is -0.387 e. The van der Waals surface area contributed by atoms with Crippen LogP contribution in [-0.4, -0.2) is 123 Å². The molecule has 2 bridgehead atoms. The average molecular weight is 833 g/mol. The Balaban J connectivity index is 1.06. The summed E-state index contributed by atoms with van der Waals surface area (Å²) in [4.78, 5) is 64.4. The van der Waals surface area contributed by atoms with Crippen LogP contribution in [0.4, 0.5) is 4.39 Å². The molecule has 1 aliphatic carbocycles. The molecule has 0 radical (unpaired) electrons. The fourth-order valence-corrected chi connectivity index (χ4v) is 10.00. The van der Waals surface area contributed by atoms with Gasteiger partial charge < -0.3 is 48.4 Å². The van der Waals surface area contributed by atoms with E-state index in [9.17, 15) is 24.5 Å². The first-order valence-corrected chi connectivity index (χ1v) is 22.1. The number of imidazole rings is 1. The van der Waals surface area contributed by atoms with Gasteiger partial charge >= 0.3 is 13.4 Å². The molecule has 3 fully saturated rings. The predicted octanol–water partition coefficient (Wildman–Crippen LogP) is -0.230. The number of ether oxygens (including phenoxy) is 2. The Morgan fingerprint density at radius 1 is 0.944 bits per heavy atom. The number of carbonyl (C=O) groups excluding carboxylic acids is 1. The predicted molar refractivity (Wildman–Crippen MR) is 189 cm³/mol. The van der Waals surface area contributed by atoms with Gasteiger partial charge in [0.1, 0.15) is 55.4 Å². The molecule has 3 aliphatic heterocycles. The van der Waals surface area contributed by atoms with Gasteiger partial charge in [0.25, 0.3) is 5.56 Å². The van der Waals surface area contributed by atoms with Crippen molar-refractivity contribution in [1.82, 2.24) is 39.0 Å². The number of amides is 1. The highest BCUT2D eigenvalue weighted by Gasteiger charge is 2.53. The number of nitrogens with zero attached hydrogens (tertiary/aromatic N) is 7. The summed E-state index contributed by atoms with van der Waals surface area (Å²) in [7, 11) is 0. The van der Waals surface area contributed by atoms with Crippen LogP contribution in [0, 0.1) is 0 Å². The molecule has 20 nitrogen and oxygen atoms in total. The van der Waals surface area contributed by atoms with E-state index in [0.29, 0.717) is 5.65 Å². The molecule has 3 saturated heterocycles. The van der Waals surface area contributed by atoms with Gasteiger partial charge in [-0.05, 0) is 54.9 Å². The maximum atomic E-state index is 16.5. The second-order valence-corrected chi connectivity index (χ2v) is 18.7. The van der Waals surface area contributed by atoms with E-state index in [1.165, 1.54) is 28.1 Å². The molecule has 2 unspecified atom stereocenters. The number of nitrogens with one attached hydrogen (secondary N) is 1. The number of aromatic nitrogens is 7. The summed E-state index contributed by atoms with van der Waals surface area (Å²) >= 11 is 10.6. The summed E-state index contributed by atoms with van der Waals surface area (Å²) in [6.45, 7) is -10.4. The highest BCUT2D eigenvalue weighted by atomic mass is 32.5. The van der Waals surface area contributed by atoms with Gasteiger partial charge in [0.15, 0.2) is 29.8 Å². The molecular formula is C29H35FN8O12P2S2. The van der Waals surface area contributed by atoms with Crippen molar-refractivity contribution in [1.29, 1.82) is 0 Å². The van der Waals surface area contributed by atoms with Crippen LogP contribution in [0.5, 0.6) is 0 Å². The molecule has 10 atom stereocenters. The Kier molecular flexibility index (Phi) is 10.6. The molecule has 0 aromatic carbocycles. The van der Waals surface area contributed by atoms with Crippen molar-refractivity contribution in [3.63, 3.8) is 0 Å². The minimum atomic E-state index is -4.30. The highest BCUT2D eigenvalue weighted by Crippen LogP contribution is 2.54. The molecule has 7 heterocycles. The minimum absolute atomic E-state index is 0.0122. The lowest BCUT2D eigenvalue weighted by atomic mass is 10.1. The van der Waals surface area contributed by atoms with Gasteiger partial charge in [-0.15, -0.1) is 0 Å². The standard InChI is InChI=1S/C29H35FN8O12P2S2/c30-20-23-17(48-28(20)37-7-14-3-1-2-4-15-19(14)25(37)33-11-32-15)10-46-52(44,54)50-24-22(41)16(9-45-51(43,53)49-23)47-29(24)38-13-34-21-26(38)35-12-36(27(21)42)6-5-31-18(40)8-39/h7,11-13,16-17,20,22-24,28-29,39,41H,1-6,8-10H2,(H,31,40)(H,43,53)(H,44,54)/t16-,17-,20-,22-,23-,24-,28-,29-,51?,52?/m1/s1. The average Bonchev–Trinajstić information content (AvgIpc) is 3.85. The number of aliphatic hydroxyl groups excluding tert-OH is 2. The molecular weight excluding hydrogens is 797 g/mol. The fourth-order valence-electron chi connectivity index (χ4n) is 7.15. The molecule has 8 rings (SSSR count). The third-order valence-electron chi connectivity index (χ3n) is 9.69. The molecule has 54 heavy (non-hydrogen) atoms. The Bertz CT molecular complexity index is 2240. The third kappa shape index (κ3) is 7.20. The number of hydrogen-bond acceptors (Lipinski definition) is 16. The Morgan fingerprint density at radius 3 is 2.44 bits per heavy atom. The van der Waals surface area contributed by atoms with Gasteiger partial charge in [-0.2, -0.15) is 0 Å². The first kappa shape index (κ1) is 38.2. The van der Waals surface area contributed by atoms with Crippen LogP contribution in [-0.2, 0) is 75.4 Å². The second kappa shape index (κ2) is 15.0. The van der Waals surface area contributed by atoms with Gasteiger partial charge in [0.05, 0.1) is 25.2 Å². The molecule has 292 valence electrons. The second-order valence-electron chi connectivity index (χ2n) is 13.1. The molecule has 0 saturated carbocycles. The Hall–Kier alpha value is -2.73. The van der Waals surface area contributed by atoms with Crippen molar-refractivity contribution in [3.05, 3.63) is 46.8 Å². The number of aliphatic hydroxyl groups is 2. The van der Waals surface area contributed by atoms with Crippen molar-refractivity contribution in [2.45, 2.75) is 81.4 Å². The summed E-state index contributed by atoms with van der Waals surface area (Å²) in [6, 6.07) is 0. The number of fused-ring (bicyclic) bond motifs is 4. The van der Waals surface area contributed by atoms with Gasteiger partial charge in [-0.25, -0.2) is 24.3 Å². The van der Waals surface area contributed by atoms with E-state index < -0.39 is 93.9 Å². The van der Waals surface area contributed by atoms with Crippen molar-refractivity contribution in [2.75, 3.05) is 26.4 Å². The SMILES string of the molecule is O=C(CO)NCCn1cnc2c(ncn2[C@@H]2O[C@@H]3COP(O)(=S)O[C@H]4[C@@H](F)[C@H](n5cc6c7c(ncnc75)CCCC6)O[C@@H]4COP(O)(=S)O[C@@H]2[C@@H]3O)c1=O. The quantitative estimate of drug-likeness (QED) is 0.157. The fraction of sp³-hybridized carbons (Fsp3) is 0.586. The summed E-state index contributed by atoms with van der Waals surface area (Å²) < 4.78 is 55.6. The summed E-state index contributed by atoms with van der Waals surface area (Å²) in [5.74, 6) is -0.615. The molecule has 4 aliphatic rings. The van der Waals surface area contributed by atoms with Crippen LogP contribution in [0.3, 0.4) is 0 Å². The molecule has 1 amide bonds. The van der Waals surface area contributed by atoms with Crippen molar-refractivity contribution in [2.24, 2.45) is 0 Å². The third-order valence-corrected chi connectivity index (χ3v) is 12.8. The van der Waals surface area contributed by atoms with Gasteiger partial charge in [-0.3, -0.25) is 27.8 Å². The van der Waals surface area contributed by atoms with Crippen LogP contribution >= 0.6 is 13.4 Å². The lowest BCUT2D eigenvalue weighted by molar-refractivity contribution is -0.123. The van der Waals surface area contributed by atoms with Gasteiger partial charge in [0, 0.05) is 24.7 Å². The molecule has 4 aromatic rings. The van der Waals surface area contributed by atoms with Crippen LogP contribution in [0.1, 0.15) is 36.6 Å². The van der Waals surface area contributed by atoms with E-state index >= 15 is 4.39 Å². The normalized spacial score (nSPS) is 34.5. The van der Waals surface area contributed by atoms with E-state index in [2.05, 4.69) is 25.3 Å². The number of carbonyl (C=O) groups is 1. The molecule has 4 aromatic heterocycles. The van der Waals surface area contributed by atoms with Gasteiger partial charge in [0.2, 0.25) is 5.91 Å². The number of hydrogen-bond donors (Lipinski definition) is 5. The summed E-state index contributed by atoms with van der Waals surface area (Å²) in [5, 5.41) is 23.5. The first-order valence-electron chi connectivity index (χ1n) is 16.9. The van der Waals surface area contributed by atoms with Crippen LogP contribution in [0.2, 0.25) is 0 Å². The zero-order chi connectivity index (χ0) is 37.9. The van der Waals surface area contributed by atoms with E-state index in [0.717, 1.165) is 42.3 Å². The van der Waals surface area contributed by atoms with Gasteiger partial charge in [-0.1, -0.05) is 0 Å². The van der Waals surface area contributed by atoms with E-state index in [-0.39, 0.29) is 24.3 Å². The largest absolute Gasteiger partial charge is 0.387 e. The lowest BCUT2D eigenvalue weighted by Gasteiger charge is -2.27. The first-order chi connectivity index (χ1) is 25.8.